The minimum absolute atomic E-state index is 0.236. The predicted octanol–water partition coefficient (Wildman–Crippen LogP) is 3.31. The third-order valence-electron chi connectivity index (χ3n) is 3.66. The number of hydrogen-bond acceptors (Lipinski definition) is 2. The molecular weight excluding hydrogens is 208 g/mol. The van der Waals surface area contributed by atoms with Gasteiger partial charge in [0.25, 0.3) is 0 Å². The molecule has 1 aliphatic carbocycles. The molecule has 1 saturated carbocycles. The molecule has 102 valence electrons. The van der Waals surface area contributed by atoms with Crippen molar-refractivity contribution in [3.05, 3.63) is 0 Å². The van der Waals surface area contributed by atoms with Gasteiger partial charge in [-0.05, 0) is 57.4 Å². The summed E-state index contributed by atoms with van der Waals surface area (Å²) in [5.74, 6) is 0.790. The van der Waals surface area contributed by atoms with E-state index in [1.165, 1.54) is 32.1 Å². The fraction of sp³-hybridized carbons (Fsp3) is 1.00. The first-order valence-electron chi connectivity index (χ1n) is 7.19. The van der Waals surface area contributed by atoms with Crippen LogP contribution in [0.5, 0.6) is 0 Å². The molecule has 0 spiro atoms. The molecule has 1 aliphatic rings. The number of hydrogen-bond donors (Lipinski definition) is 2. The average molecular weight is 240 g/mol. The third-order valence-corrected chi connectivity index (χ3v) is 3.66. The first-order valence-corrected chi connectivity index (χ1v) is 7.19. The SMILES string of the molecule is CC(C)(C)CC(C)(C)NCC1CCCC(N)C1. The fourth-order valence-corrected chi connectivity index (χ4v) is 3.33. The van der Waals surface area contributed by atoms with Crippen molar-refractivity contribution in [2.24, 2.45) is 17.1 Å². The maximum Gasteiger partial charge on any atom is 0.0130 e. The van der Waals surface area contributed by atoms with Crippen molar-refractivity contribution >= 4 is 0 Å². The highest BCUT2D eigenvalue weighted by Crippen LogP contribution is 2.28. The van der Waals surface area contributed by atoms with Crippen molar-refractivity contribution in [1.29, 1.82) is 0 Å². The Labute approximate surface area is 108 Å². The van der Waals surface area contributed by atoms with Crippen LogP contribution in [0.15, 0.2) is 0 Å². The average Bonchev–Trinajstić information content (AvgIpc) is 2.11. The molecule has 2 atom stereocenters. The Balaban J connectivity index is 2.33. The summed E-state index contributed by atoms with van der Waals surface area (Å²) >= 11 is 0. The van der Waals surface area contributed by atoms with Gasteiger partial charge in [-0.25, -0.2) is 0 Å². The molecule has 0 aromatic carbocycles. The number of nitrogens with two attached hydrogens (primary N) is 1. The molecule has 0 heterocycles. The topological polar surface area (TPSA) is 38.0 Å². The van der Waals surface area contributed by atoms with E-state index in [2.05, 4.69) is 39.9 Å². The van der Waals surface area contributed by atoms with Crippen molar-refractivity contribution in [3.63, 3.8) is 0 Å². The lowest BCUT2D eigenvalue weighted by atomic mass is 9.80. The van der Waals surface area contributed by atoms with Crippen LogP contribution in [0, 0.1) is 11.3 Å². The van der Waals surface area contributed by atoms with Gasteiger partial charge in [-0.3, -0.25) is 0 Å². The monoisotopic (exact) mass is 240 g/mol. The molecule has 0 radical (unpaired) electrons. The van der Waals surface area contributed by atoms with E-state index < -0.39 is 0 Å². The van der Waals surface area contributed by atoms with Gasteiger partial charge in [-0.1, -0.05) is 27.2 Å². The van der Waals surface area contributed by atoms with Gasteiger partial charge >= 0.3 is 0 Å². The van der Waals surface area contributed by atoms with Crippen LogP contribution in [0.2, 0.25) is 0 Å². The first kappa shape index (κ1) is 15.0. The molecule has 0 bridgehead atoms. The Hall–Kier alpha value is -0.0800. The van der Waals surface area contributed by atoms with Gasteiger partial charge in [-0.2, -0.15) is 0 Å². The Morgan fingerprint density at radius 2 is 1.76 bits per heavy atom. The van der Waals surface area contributed by atoms with Crippen LogP contribution >= 0.6 is 0 Å². The van der Waals surface area contributed by atoms with Crippen LogP contribution in [-0.2, 0) is 0 Å². The Morgan fingerprint density at radius 1 is 1.12 bits per heavy atom. The fourth-order valence-electron chi connectivity index (χ4n) is 3.33. The molecule has 0 aliphatic heterocycles. The van der Waals surface area contributed by atoms with Gasteiger partial charge in [0.05, 0.1) is 0 Å². The summed E-state index contributed by atoms with van der Waals surface area (Å²) in [6.45, 7) is 12.7. The van der Waals surface area contributed by atoms with Gasteiger partial charge < -0.3 is 11.1 Å². The van der Waals surface area contributed by atoms with E-state index in [0.29, 0.717) is 11.5 Å². The third kappa shape index (κ3) is 6.42. The molecule has 2 heteroatoms. The van der Waals surface area contributed by atoms with Crippen molar-refractivity contribution in [2.75, 3.05) is 6.54 Å². The van der Waals surface area contributed by atoms with E-state index in [4.69, 9.17) is 5.73 Å². The highest BCUT2D eigenvalue weighted by atomic mass is 15.0. The van der Waals surface area contributed by atoms with Gasteiger partial charge in [0, 0.05) is 11.6 Å². The van der Waals surface area contributed by atoms with Crippen LogP contribution in [0.25, 0.3) is 0 Å². The standard InChI is InChI=1S/C15H32N2/c1-14(2,3)11-15(4,5)17-10-12-7-6-8-13(16)9-12/h12-13,17H,6-11,16H2,1-5H3. The van der Waals surface area contributed by atoms with Crippen LogP contribution in [0.4, 0.5) is 0 Å². The molecular formula is C15H32N2. The zero-order chi connectivity index (χ0) is 13.1. The van der Waals surface area contributed by atoms with E-state index in [9.17, 15) is 0 Å². The van der Waals surface area contributed by atoms with Crippen LogP contribution in [0.3, 0.4) is 0 Å². The second kappa shape index (κ2) is 5.71. The van der Waals surface area contributed by atoms with Crippen molar-refractivity contribution in [3.8, 4) is 0 Å². The van der Waals surface area contributed by atoms with Gasteiger partial charge in [0.15, 0.2) is 0 Å². The molecule has 2 unspecified atom stereocenters. The summed E-state index contributed by atoms with van der Waals surface area (Å²) in [6.07, 6.45) is 6.30. The predicted molar refractivity (Wildman–Crippen MR) is 76.1 cm³/mol. The normalized spacial score (nSPS) is 27.2. The Bertz CT molecular complexity index is 228. The van der Waals surface area contributed by atoms with Crippen molar-refractivity contribution in [1.82, 2.24) is 5.32 Å². The maximum absolute atomic E-state index is 6.04. The summed E-state index contributed by atoms with van der Waals surface area (Å²) < 4.78 is 0. The zero-order valence-corrected chi connectivity index (χ0v) is 12.5. The van der Waals surface area contributed by atoms with Gasteiger partial charge in [0.2, 0.25) is 0 Å². The van der Waals surface area contributed by atoms with E-state index in [1.54, 1.807) is 0 Å². The van der Waals surface area contributed by atoms with Gasteiger partial charge in [-0.15, -0.1) is 0 Å². The molecule has 3 N–H and O–H groups in total. The number of nitrogens with one attached hydrogen (secondary N) is 1. The molecule has 0 aromatic rings. The molecule has 17 heavy (non-hydrogen) atoms. The van der Waals surface area contributed by atoms with Crippen LogP contribution < -0.4 is 11.1 Å². The maximum atomic E-state index is 6.04. The Morgan fingerprint density at radius 3 is 2.29 bits per heavy atom. The largest absolute Gasteiger partial charge is 0.328 e. The minimum Gasteiger partial charge on any atom is -0.328 e. The summed E-state index contributed by atoms with van der Waals surface area (Å²) in [7, 11) is 0. The van der Waals surface area contributed by atoms with E-state index in [-0.39, 0.29) is 5.54 Å². The highest BCUT2D eigenvalue weighted by molar-refractivity contribution is 4.85. The minimum atomic E-state index is 0.236. The second-order valence-corrected chi connectivity index (χ2v) is 7.79. The second-order valence-electron chi connectivity index (χ2n) is 7.79. The molecule has 1 rings (SSSR count). The number of rotatable bonds is 4. The summed E-state index contributed by atoms with van der Waals surface area (Å²) in [5.41, 5.74) is 6.66. The molecule has 2 nitrogen and oxygen atoms in total. The van der Waals surface area contributed by atoms with Gasteiger partial charge in [0.1, 0.15) is 0 Å². The quantitative estimate of drug-likeness (QED) is 0.791. The zero-order valence-electron chi connectivity index (χ0n) is 12.5. The molecule has 1 fully saturated rings. The molecule has 0 aromatic heterocycles. The summed E-state index contributed by atoms with van der Waals surface area (Å²) in [4.78, 5) is 0. The smallest absolute Gasteiger partial charge is 0.0130 e. The van der Waals surface area contributed by atoms with E-state index in [0.717, 1.165) is 12.5 Å². The van der Waals surface area contributed by atoms with Crippen molar-refractivity contribution < 1.29 is 0 Å². The van der Waals surface area contributed by atoms with E-state index in [1.807, 2.05) is 0 Å². The molecule has 0 amide bonds. The lowest BCUT2D eigenvalue weighted by Gasteiger charge is -2.36. The summed E-state index contributed by atoms with van der Waals surface area (Å²) in [5, 5.41) is 3.75. The first-order chi connectivity index (χ1) is 7.68. The highest BCUT2D eigenvalue weighted by Gasteiger charge is 2.27. The van der Waals surface area contributed by atoms with Crippen molar-refractivity contribution in [2.45, 2.75) is 78.3 Å². The lowest BCUT2D eigenvalue weighted by molar-refractivity contribution is 0.216. The van der Waals surface area contributed by atoms with Crippen LogP contribution in [-0.4, -0.2) is 18.1 Å². The lowest BCUT2D eigenvalue weighted by Crippen LogP contribution is -2.45. The Kier molecular flexibility index (Phi) is 5.03. The molecule has 0 saturated heterocycles. The summed E-state index contributed by atoms with van der Waals surface area (Å²) in [6, 6.07) is 0.446. The van der Waals surface area contributed by atoms with E-state index >= 15 is 0 Å². The van der Waals surface area contributed by atoms with Crippen LogP contribution in [0.1, 0.15) is 66.7 Å².